The van der Waals surface area contributed by atoms with Crippen LogP contribution in [0.25, 0.3) is 0 Å². The van der Waals surface area contributed by atoms with E-state index >= 15 is 0 Å². The number of aliphatic hydroxyl groups excluding tert-OH is 1. The van der Waals surface area contributed by atoms with E-state index in [1.807, 2.05) is 6.07 Å². The Kier molecular flexibility index (Phi) is 5.83. The lowest BCUT2D eigenvalue weighted by Crippen LogP contribution is -2.44. The Morgan fingerprint density at radius 1 is 0.750 bits per heavy atom. The van der Waals surface area contributed by atoms with Gasteiger partial charge in [-0.3, -0.25) is 0 Å². The molecule has 32 heavy (non-hydrogen) atoms. The fraction of sp³-hybridized carbons (Fsp3) is 0.200. The van der Waals surface area contributed by atoms with Crippen molar-refractivity contribution in [3.63, 3.8) is 0 Å². The van der Waals surface area contributed by atoms with Crippen molar-refractivity contribution < 1.29 is 21.9 Å². The molecule has 0 amide bonds. The molecule has 1 N–H and O–H groups in total. The van der Waals surface area contributed by atoms with Crippen LogP contribution in [0.15, 0.2) is 113 Å². The fourth-order valence-corrected chi connectivity index (χ4v) is 9.60. The molecule has 0 aliphatic heterocycles. The zero-order chi connectivity index (χ0) is 23.0. The smallest absolute Gasteiger partial charge is 0.199 e. The lowest BCUT2D eigenvalue weighted by molar-refractivity contribution is 0.128. The fourth-order valence-electron chi connectivity index (χ4n) is 4.43. The van der Waals surface area contributed by atoms with Gasteiger partial charge in [-0.15, -0.1) is 0 Å². The van der Waals surface area contributed by atoms with Crippen molar-refractivity contribution in [2.75, 3.05) is 0 Å². The Balaban J connectivity index is 1.90. The number of hydrogen-bond donors (Lipinski definition) is 1. The summed E-state index contributed by atoms with van der Waals surface area (Å²) < 4.78 is 53.5. The molecule has 4 rings (SSSR count). The summed E-state index contributed by atoms with van der Waals surface area (Å²) in [7, 11) is -8.70. The number of sulfone groups is 2. The highest BCUT2D eigenvalue weighted by Crippen LogP contribution is 2.54. The third-order valence-corrected chi connectivity index (χ3v) is 11.8. The molecule has 1 saturated carbocycles. The van der Waals surface area contributed by atoms with Crippen LogP contribution in [-0.2, 0) is 19.7 Å². The second-order valence-corrected chi connectivity index (χ2v) is 12.8. The van der Waals surface area contributed by atoms with Crippen molar-refractivity contribution in [2.24, 2.45) is 5.92 Å². The summed E-state index contributed by atoms with van der Waals surface area (Å²) in [4.78, 5) is -0.135. The molecule has 0 bridgehead atoms. The minimum Gasteiger partial charge on any atom is -0.388 e. The lowest BCUT2D eigenvalue weighted by Gasteiger charge is -2.29. The minimum atomic E-state index is -4.35. The van der Waals surface area contributed by atoms with Gasteiger partial charge < -0.3 is 5.11 Å². The first kappa shape index (κ1) is 22.5. The van der Waals surface area contributed by atoms with Gasteiger partial charge in [-0.2, -0.15) is 0 Å². The molecule has 0 radical (unpaired) electrons. The molecule has 0 saturated heterocycles. The normalized spacial score (nSPS) is 19.5. The first-order valence-electron chi connectivity index (χ1n) is 10.2. The molecular formula is C25H24O5S2. The molecule has 1 fully saturated rings. The van der Waals surface area contributed by atoms with E-state index in [1.54, 1.807) is 60.7 Å². The van der Waals surface area contributed by atoms with E-state index in [1.165, 1.54) is 24.3 Å². The zero-order valence-corrected chi connectivity index (χ0v) is 19.0. The molecule has 2 atom stereocenters. The van der Waals surface area contributed by atoms with Crippen LogP contribution in [0.2, 0.25) is 0 Å². The number of hydrogen-bond acceptors (Lipinski definition) is 5. The van der Waals surface area contributed by atoms with Crippen molar-refractivity contribution in [2.45, 2.75) is 32.8 Å². The van der Waals surface area contributed by atoms with Gasteiger partial charge in [-0.1, -0.05) is 78.9 Å². The average molecular weight is 469 g/mol. The maximum atomic E-state index is 13.9. The third kappa shape index (κ3) is 3.50. The van der Waals surface area contributed by atoms with E-state index < -0.39 is 35.8 Å². The Morgan fingerprint density at radius 3 is 1.59 bits per heavy atom. The Labute approximate surface area is 188 Å². The van der Waals surface area contributed by atoms with Gasteiger partial charge in [-0.25, -0.2) is 16.8 Å². The second-order valence-electron chi connectivity index (χ2n) is 8.04. The molecule has 7 heteroatoms. The van der Waals surface area contributed by atoms with Crippen molar-refractivity contribution in [1.29, 1.82) is 0 Å². The van der Waals surface area contributed by atoms with Crippen LogP contribution in [0, 0.1) is 5.92 Å². The maximum Gasteiger partial charge on any atom is 0.199 e. The molecule has 3 aromatic carbocycles. The molecule has 166 valence electrons. The molecule has 0 spiro atoms. The van der Waals surface area contributed by atoms with E-state index in [4.69, 9.17) is 0 Å². The summed E-state index contributed by atoms with van der Waals surface area (Å²) >= 11 is 0. The molecule has 5 nitrogen and oxygen atoms in total. The molecular weight excluding hydrogens is 444 g/mol. The molecule has 0 unspecified atom stereocenters. The van der Waals surface area contributed by atoms with Crippen LogP contribution in [-0.4, -0.2) is 26.0 Å². The van der Waals surface area contributed by atoms with Crippen molar-refractivity contribution in [1.82, 2.24) is 0 Å². The standard InChI is InChI=1S/C25H24O5S2/c1-19-17-25(31(27,28)21-13-7-3-8-14-21,32(29,30)22-15-9-4-10-16-22)18-23(19)24(26)20-11-5-2-6-12-20/h2-16,23-24,26H,1,17-18H2/t23-,24-/m0/s1. The van der Waals surface area contributed by atoms with E-state index in [9.17, 15) is 21.9 Å². The first-order valence-corrected chi connectivity index (χ1v) is 13.2. The van der Waals surface area contributed by atoms with E-state index in [-0.39, 0.29) is 22.6 Å². The zero-order valence-electron chi connectivity index (χ0n) is 17.3. The van der Waals surface area contributed by atoms with Gasteiger partial charge in [0.25, 0.3) is 0 Å². The predicted molar refractivity (Wildman–Crippen MR) is 123 cm³/mol. The molecule has 0 aromatic heterocycles. The van der Waals surface area contributed by atoms with Gasteiger partial charge in [0.2, 0.25) is 0 Å². The van der Waals surface area contributed by atoms with Crippen molar-refractivity contribution in [3.8, 4) is 0 Å². The summed E-state index contributed by atoms with van der Waals surface area (Å²) in [5.41, 5.74) is 0.990. The third-order valence-electron chi connectivity index (χ3n) is 6.16. The highest BCUT2D eigenvalue weighted by atomic mass is 32.3. The number of benzene rings is 3. The van der Waals surface area contributed by atoms with Crippen LogP contribution in [0.1, 0.15) is 24.5 Å². The highest BCUT2D eigenvalue weighted by Gasteiger charge is 2.61. The Bertz CT molecular complexity index is 1250. The van der Waals surface area contributed by atoms with Gasteiger partial charge >= 0.3 is 0 Å². The van der Waals surface area contributed by atoms with Gasteiger partial charge in [-0.05, 0) is 36.2 Å². The van der Waals surface area contributed by atoms with Crippen molar-refractivity contribution in [3.05, 3.63) is 109 Å². The summed E-state index contributed by atoms with van der Waals surface area (Å²) in [6.45, 7) is 4.00. The summed E-state index contributed by atoms with van der Waals surface area (Å²) in [6, 6.07) is 24.0. The van der Waals surface area contributed by atoms with E-state index in [0.717, 1.165) is 0 Å². The highest BCUT2D eigenvalue weighted by molar-refractivity contribution is 8.10. The van der Waals surface area contributed by atoms with Crippen LogP contribution >= 0.6 is 0 Å². The summed E-state index contributed by atoms with van der Waals surface area (Å²) in [6.07, 6.45) is -1.63. The topological polar surface area (TPSA) is 88.5 Å². The molecule has 1 aliphatic rings. The largest absolute Gasteiger partial charge is 0.388 e. The van der Waals surface area contributed by atoms with Gasteiger partial charge in [0.15, 0.2) is 23.8 Å². The monoisotopic (exact) mass is 468 g/mol. The van der Waals surface area contributed by atoms with Gasteiger partial charge in [0, 0.05) is 12.3 Å². The Hall–Kier alpha value is -2.74. The minimum absolute atomic E-state index is 0.0674. The summed E-state index contributed by atoms with van der Waals surface area (Å²) in [5, 5.41) is 11.0. The number of aliphatic hydroxyl groups is 1. The molecule has 1 aliphatic carbocycles. The van der Waals surface area contributed by atoms with Crippen LogP contribution in [0.5, 0.6) is 0 Å². The molecule has 0 heterocycles. The SMILES string of the molecule is C=C1CC(S(=O)(=O)c2ccccc2)(S(=O)(=O)c2ccccc2)C[C@@H]1[C@@H](O)c1ccccc1. The van der Waals surface area contributed by atoms with E-state index in [2.05, 4.69) is 6.58 Å². The van der Waals surface area contributed by atoms with E-state index in [0.29, 0.717) is 11.1 Å². The predicted octanol–water partition coefficient (Wildman–Crippen LogP) is 4.33. The van der Waals surface area contributed by atoms with Gasteiger partial charge in [0.05, 0.1) is 15.9 Å². The quantitative estimate of drug-likeness (QED) is 0.544. The number of rotatable bonds is 6. The van der Waals surface area contributed by atoms with Crippen LogP contribution < -0.4 is 0 Å². The first-order chi connectivity index (χ1) is 15.2. The lowest BCUT2D eigenvalue weighted by atomic mass is 9.92. The Morgan fingerprint density at radius 2 is 1.16 bits per heavy atom. The van der Waals surface area contributed by atoms with Crippen molar-refractivity contribution >= 4 is 19.7 Å². The van der Waals surface area contributed by atoms with Crippen LogP contribution in [0.3, 0.4) is 0 Å². The molecule has 3 aromatic rings. The average Bonchev–Trinajstić information content (AvgIpc) is 3.20. The second kappa shape index (κ2) is 8.31. The summed E-state index contributed by atoms with van der Waals surface area (Å²) in [5.74, 6) is -0.727. The van der Waals surface area contributed by atoms with Gasteiger partial charge in [0.1, 0.15) is 0 Å². The maximum absolute atomic E-state index is 13.9. The van der Waals surface area contributed by atoms with Crippen LogP contribution in [0.4, 0.5) is 0 Å².